The summed E-state index contributed by atoms with van der Waals surface area (Å²) in [6, 6.07) is 18.2. The van der Waals surface area contributed by atoms with Gasteiger partial charge < -0.3 is 14.7 Å². The molecule has 0 aliphatic carbocycles. The topological polar surface area (TPSA) is 66.8 Å². The average Bonchev–Trinajstić information content (AvgIpc) is 3.13. The van der Waals surface area contributed by atoms with Crippen molar-refractivity contribution < 1.29 is 19.4 Å². The molecular weight excluding hydrogens is 509 g/mol. The van der Waals surface area contributed by atoms with E-state index in [0.717, 1.165) is 16.9 Å². The molecule has 0 spiro atoms. The number of hydrogen-bond donors (Lipinski definition) is 1. The van der Waals surface area contributed by atoms with Gasteiger partial charge in [0.1, 0.15) is 11.4 Å². The zero-order valence-electron chi connectivity index (χ0n) is 19.1. The van der Waals surface area contributed by atoms with Gasteiger partial charge in [-0.2, -0.15) is 0 Å². The van der Waals surface area contributed by atoms with Gasteiger partial charge >= 0.3 is 5.97 Å². The van der Waals surface area contributed by atoms with Crippen molar-refractivity contribution in [2.45, 2.75) is 38.3 Å². The number of carbonyl (C=O) groups excluding carboxylic acids is 1. The lowest BCUT2D eigenvalue weighted by atomic mass is 9.91. The van der Waals surface area contributed by atoms with E-state index in [-0.39, 0.29) is 25.4 Å². The molecule has 1 heterocycles. The Bertz CT molecular complexity index is 1280. The standard InChI is InChI=1S/C27H24Cl3NO4/c1-27(14-17-4-2-6-21(28)12-17)15-20-13-18(8-9-23(20)35-27)26(34)31(11-10-24(32)33)16-19-5-3-7-22(29)25(19)30/h2-9,12-13H,10-11,14-16H2,1H3,(H,32,33). The second-order valence-electron chi connectivity index (χ2n) is 8.94. The zero-order chi connectivity index (χ0) is 25.2. The Labute approximate surface area is 219 Å². The van der Waals surface area contributed by atoms with E-state index in [4.69, 9.17) is 39.5 Å². The number of carboxylic acids is 1. The molecule has 182 valence electrons. The molecule has 1 unspecified atom stereocenters. The van der Waals surface area contributed by atoms with Crippen LogP contribution in [0.4, 0.5) is 0 Å². The zero-order valence-corrected chi connectivity index (χ0v) is 21.3. The Hall–Kier alpha value is -2.73. The van der Waals surface area contributed by atoms with Crippen molar-refractivity contribution in [2.24, 2.45) is 0 Å². The molecule has 1 aliphatic rings. The molecule has 0 saturated heterocycles. The first kappa shape index (κ1) is 25.4. The van der Waals surface area contributed by atoms with Crippen LogP contribution in [0.25, 0.3) is 0 Å². The van der Waals surface area contributed by atoms with Crippen molar-refractivity contribution in [3.05, 3.63) is 98.0 Å². The van der Waals surface area contributed by atoms with Crippen LogP contribution in [0.1, 0.15) is 40.4 Å². The van der Waals surface area contributed by atoms with Gasteiger partial charge in [-0.3, -0.25) is 9.59 Å². The predicted octanol–water partition coefficient (Wildman–Crippen LogP) is 6.70. The molecule has 35 heavy (non-hydrogen) atoms. The molecule has 3 aromatic rings. The monoisotopic (exact) mass is 531 g/mol. The highest BCUT2D eigenvalue weighted by atomic mass is 35.5. The molecule has 0 radical (unpaired) electrons. The normalized spacial score (nSPS) is 16.5. The second kappa shape index (κ2) is 10.5. The van der Waals surface area contributed by atoms with E-state index in [1.807, 2.05) is 37.3 Å². The lowest BCUT2D eigenvalue weighted by Crippen LogP contribution is -2.33. The predicted molar refractivity (Wildman–Crippen MR) is 138 cm³/mol. The fourth-order valence-electron chi connectivity index (χ4n) is 4.37. The average molecular weight is 533 g/mol. The summed E-state index contributed by atoms with van der Waals surface area (Å²) in [5.74, 6) is -0.534. The van der Waals surface area contributed by atoms with Crippen molar-refractivity contribution in [3.8, 4) is 5.75 Å². The van der Waals surface area contributed by atoms with Crippen LogP contribution in [0, 0.1) is 0 Å². The molecule has 1 aliphatic heterocycles. The number of amides is 1. The summed E-state index contributed by atoms with van der Waals surface area (Å²) in [5, 5.41) is 10.6. The van der Waals surface area contributed by atoms with E-state index in [9.17, 15) is 14.7 Å². The maximum atomic E-state index is 13.4. The molecule has 0 saturated carbocycles. The summed E-state index contributed by atoms with van der Waals surface area (Å²) in [6.07, 6.45) is 1.12. The molecule has 8 heteroatoms. The fourth-order valence-corrected chi connectivity index (χ4v) is 4.97. The first-order valence-electron chi connectivity index (χ1n) is 11.1. The number of aliphatic carboxylic acids is 1. The van der Waals surface area contributed by atoms with Crippen molar-refractivity contribution in [1.82, 2.24) is 4.90 Å². The van der Waals surface area contributed by atoms with Gasteiger partial charge in [0.2, 0.25) is 0 Å². The van der Waals surface area contributed by atoms with E-state index < -0.39 is 11.6 Å². The molecule has 1 atom stereocenters. The van der Waals surface area contributed by atoms with Crippen LogP contribution in [0.3, 0.4) is 0 Å². The summed E-state index contributed by atoms with van der Waals surface area (Å²) < 4.78 is 6.26. The highest BCUT2D eigenvalue weighted by molar-refractivity contribution is 6.42. The largest absolute Gasteiger partial charge is 0.487 e. The van der Waals surface area contributed by atoms with Crippen LogP contribution in [-0.4, -0.2) is 34.0 Å². The van der Waals surface area contributed by atoms with Crippen LogP contribution in [0.5, 0.6) is 5.75 Å². The highest BCUT2D eigenvalue weighted by Gasteiger charge is 2.35. The van der Waals surface area contributed by atoms with Gasteiger partial charge in [-0.15, -0.1) is 0 Å². The van der Waals surface area contributed by atoms with E-state index in [1.165, 1.54) is 4.90 Å². The molecule has 3 aromatic carbocycles. The second-order valence-corrected chi connectivity index (χ2v) is 10.2. The summed E-state index contributed by atoms with van der Waals surface area (Å²) in [4.78, 5) is 26.2. The third-order valence-electron chi connectivity index (χ3n) is 5.97. The number of benzene rings is 3. The maximum absolute atomic E-state index is 13.4. The Balaban J connectivity index is 1.55. The molecule has 1 amide bonds. The SMILES string of the molecule is CC1(Cc2cccc(Cl)c2)Cc2cc(C(=O)N(CCC(=O)O)Cc3cccc(Cl)c3Cl)ccc2O1. The van der Waals surface area contributed by atoms with Crippen molar-refractivity contribution in [2.75, 3.05) is 6.54 Å². The Morgan fingerprint density at radius 3 is 2.57 bits per heavy atom. The Kier molecular flexibility index (Phi) is 7.60. The van der Waals surface area contributed by atoms with Crippen molar-refractivity contribution in [3.63, 3.8) is 0 Å². The minimum atomic E-state index is -0.987. The quantitative estimate of drug-likeness (QED) is 0.350. The molecule has 5 nitrogen and oxygen atoms in total. The molecule has 0 fully saturated rings. The van der Waals surface area contributed by atoms with Gasteiger partial charge in [-0.05, 0) is 60.0 Å². The number of nitrogens with zero attached hydrogens (tertiary/aromatic N) is 1. The van der Waals surface area contributed by atoms with Crippen LogP contribution in [-0.2, 0) is 24.2 Å². The Morgan fingerprint density at radius 1 is 1.06 bits per heavy atom. The molecule has 1 N–H and O–H groups in total. The lowest BCUT2D eigenvalue weighted by Gasteiger charge is -2.24. The number of carboxylic acid groups (broad SMARTS) is 1. The third kappa shape index (κ3) is 6.10. The first-order valence-corrected chi connectivity index (χ1v) is 12.3. The van der Waals surface area contributed by atoms with Gasteiger partial charge in [0.05, 0.1) is 16.5 Å². The highest BCUT2D eigenvalue weighted by Crippen LogP contribution is 2.38. The fraction of sp³-hybridized carbons (Fsp3) is 0.259. The minimum absolute atomic E-state index is 0.0388. The molecule has 0 aromatic heterocycles. The van der Waals surface area contributed by atoms with E-state index in [1.54, 1.807) is 30.3 Å². The van der Waals surface area contributed by atoms with Crippen LogP contribution >= 0.6 is 34.8 Å². The Morgan fingerprint density at radius 2 is 1.83 bits per heavy atom. The van der Waals surface area contributed by atoms with Gasteiger partial charge in [0.15, 0.2) is 0 Å². The number of carbonyl (C=O) groups is 2. The number of fused-ring (bicyclic) bond motifs is 1. The van der Waals surface area contributed by atoms with Gasteiger partial charge in [-0.25, -0.2) is 0 Å². The van der Waals surface area contributed by atoms with E-state index in [2.05, 4.69) is 0 Å². The lowest BCUT2D eigenvalue weighted by molar-refractivity contribution is -0.137. The van der Waals surface area contributed by atoms with Crippen molar-refractivity contribution >= 4 is 46.7 Å². The van der Waals surface area contributed by atoms with Crippen molar-refractivity contribution in [1.29, 1.82) is 0 Å². The summed E-state index contributed by atoms with van der Waals surface area (Å²) in [7, 11) is 0. The summed E-state index contributed by atoms with van der Waals surface area (Å²) >= 11 is 18.6. The smallest absolute Gasteiger partial charge is 0.305 e. The van der Waals surface area contributed by atoms with Gasteiger partial charge in [0.25, 0.3) is 5.91 Å². The van der Waals surface area contributed by atoms with E-state index in [0.29, 0.717) is 39.0 Å². The maximum Gasteiger partial charge on any atom is 0.305 e. The number of hydrogen-bond acceptors (Lipinski definition) is 3. The number of ether oxygens (including phenoxy) is 1. The van der Waals surface area contributed by atoms with Gasteiger partial charge in [-0.1, -0.05) is 59.1 Å². The molecular formula is C27H24Cl3NO4. The van der Waals surface area contributed by atoms with Gasteiger partial charge in [0, 0.05) is 36.5 Å². The first-order chi connectivity index (χ1) is 16.6. The van der Waals surface area contributed by atoms with E-state index >= 15 is 0 Å². The summed E-state index contributed by atoms with van der Waals surface area (Å²) in [6.45, 7) is 2.22. The molecule has 0 bridgehead atoms. The van der Waals surface area contributed by atoms with Crippen LogP contribution in [0.2, 0.25) is 15.1 Å². The number of halogens is 3. The molecule has 4 rings (SSSR count). The number of rotatable bonds is 8. The minimum Gasteiger partial charge on any atom is -0.487 e. The third-order valence-corrected chi connectivity index (χ3v) is 7.06. The van der Waals surface area contributed by atoms with Crippen LogP contribution in [0.15, 0.2) is 60.7 Å². The van der Waals surface area contributed by atoms with Crippen LogP contribution < -0.4 is 4.74 Å². The summed E-state index contributed by atoms with van der Waals surface area (Å²) in [5.41, 5.74) is 2.65.